The van der Waals surface area contributed by atoms with Crippen LogP contribution in [0.25, 0.3) is 0 Å². The minimum absolute atomic E-state index is 0.0397. The molecule has 1 atom stereocenters. The van der Waals surface area contributed by atoms with Crippen LogP contribution < -0.4 is 14.4 Å². The van der Waals surface area contributed by atoms with Crippen molar-refractivity contribution in [2.75, 3.05) is 31.7 Å². The number of amides is 1. The normalized spacial score (nSPS) is 20.1. The van der Waals surface area contributed by atoms with Crippen LogP contribution in [0, 0.1) is 0 Å². The molecule has 0 bridgehead atoms. The number of hydrogen-bond donors (Lipinski definition) is 0. The average molecular weight is 487 g/mol. The third-order valence-corrected chi connectivity index (χ3v) is 8.71. The Kier molecular flexibility index (Phi) is 6.66. The number of anilines is 1. The quantitative estimate of drug-likeness (QED) is 0.586. The van der Waals surface area contributed by atoms with E-state index in [9.17, 15) is 13.2 Å². The largest absolute Gasteiger partial charge is 0.495 e. The summed E-state index contributed by atoms with van der Waals surface area (Å²) in [6.07, 6.45) is 2.44. The van der Waals surface area contributed by atoms with E-state index in [0.29, 0.717) is 25.3 Å². The van der Waals surface area contributed by atoms with Gasteiger partial charge in [-0.3, -0.25) is 4.79 Å². The highest BCUT2D eigenvalue weighted by Crippen LogP contribution is 2.45. The molecule has 2 aliphatic rings. The lowest BCUT2D eigenvalue weighted by Gasteiger charge is -2.46. The number of sulfonamides is 1. The number of rotatable bonds is 6. The molecule has 184 valence electrons. The van der Waals surface area contributed by atoms with Gasteiger partial charge in [-0.05, 0) is 87.9 Å². The number of nitrogens with zero attached hydrogens (tertiary/aromatic N) is 2. The van der Waals surface area contributed by atoms with E-state index >= 15 is 0 Å². The Bertz CT molecular complexity index is 1190. The van der Waals surface area contributed by atoms with Gasteiger partial charge in [-0.2, -0.15) is 4.31 Å². The molecule has 0 saturated carbocycles. The summed E-state index contributed by atoms with van der Waals surface area (Å²) in [7, 11) is -2.31. The second-order valence-corrected chi connectivity index (χ2v) is 11.6. The Morgan fingerprint density at radius 1 is 1.12 bits per heavy atom. The Morgan fingerprint density at radius 3 is 2.47 bits per heavy atom. The molecule has 8 heteroatoms. The summed E-state index contributed by atoms with van der Waals surface area (Å²) >= 11 is 0. The van der Waals surface area contributed by atoms with E-state index < -0.39 is 15.6 Å². The number of carbonyl (C=O) groups excluding carboxylic acids is 1. The van der Waals surface area contributed by atoms with Crippen molar-refractivity contribution in [3.05, 3.63) is 47.5 Å². The highest BCUT2D eigenvalue weighted by Gasteiger charge is 2.41. The molecule has 1 amide bonds. The van der Waals surface area contributed by atoms with Gasteiger partial charge in [0.05, 0.1) is 13.7 Å². The van der Waals surface area contributed by atoms with Crippen molar-refractivity contribution in [3.8, 4) is 11.5 Å². The second kappa shape index (κ2) is 9.23. The van der Waals surface area contributed by atoms with Crippen molar-refractivity contribution in [1.29, 1.82) is 0 Å². The molecule has 0 aliphatic carbocycles. The maximum absolute atomic E-state index is 13.9. The molecule has 1 fully saturated rings. The summed E-state index contributed by atoms with van der Waals surface area (Å²) in [5.74, 6) is 1.04. The van der Waals surface area contributed by atoms with Crippen molar-refractivity contribution in [2.24, 2.45) is 0 Å². The highest BCUT2D eigenvalue weighted by molar-refractivity contribution is 7.89. The van der Waals surface area contributed by atoms with Crippen molar-refractivity contribution in [1.82, 2.24) is 4.31 Å². The van der Waals surface area contributed by atoms with Crippen LogP contribution in [0.2, 0.25) is 0 Å². The molecule has 0 aromatic heterocycles. The lowest BCUT2D eigenvalue weighted by molar-refractivity contribution is 0.0953. The predicted molar refractivity (Wildman–Crippen MR) is 133 cm³/mol. The molecule has 2 aromatic rings. The summed E-state index contributed by atoms with van der Waals surface area (Å²) in [5, 5.41) is 0. The first-order chi connectivity index (χ1) is 16.1. The summed E-state index contributed by atoms with van der Waals surface area (Å²) < 4.78 is 39.2. The summed E-state index contributed by atoms with van der Waals surface area (Å²) in [4.78, 5) is 15.8. The van der Waals surface area contributed by atoms with Gasteiger partial charge >= 0.3 is 0 Å². The zero-order chi connectivity index (χ0) is 24.7. The second-order valence-electron chi connectivity index (χ2n) is 9.69. The molecule has 0 N–H and O–H groups in total. The monoisotopic (exact) mass is 486 g/mol. The number of ether oxygens (including phenoxy) is 2. The molecular weight excluding hydrogens is 452 g/mol. The van der Waals surface area contributed by atoms with E-state index in [4.69, 9.17) is 9.47 Å². The van der Waals surface area contributed by atoms with Gasteiger partial charge in [0.15, 0.2) is 0 Å². The van der Waals surface area contributed by atoms with Crippen molar-refractivity contribution in [2.45, 2.75) is 63.3 Å². The molecule has 4 rings (SSSR count). The standard InChI is InChI=1S/C26H34N2O5S/c1-6-33-20-10-11-22-21(16-20)18(2)17-26(3,4)28(22)25(29)19-9-12-23(32-5)24(15-19)34(30,31)27-13-7-8-14-27/h9-12,15-16,18H,6-8,13-14,17H2,1-5H3/t18-/m0/s1. The van der Waals surface area contributed by atoms with Crippen LogP contribution in [-0.2, 0) is 10.0 Å². The van der Waals surface area contributed by atoms with Crippen LogP contribution in [-0.4, -0.2) is 51.0 Å². The highest BCUT2D eigenvalue weighted by atomic mass is 32.2. The van der Waals surface area contributed by atoms with Gasteiger partial charge in [0.25, 0.3) is 5.91 Å². The number of hydrogen-bond acceptors (Lipinski definition) is 5. The molecule has 0 radical (unpaired) electrons. The van der Waals surface area contributed by atoms with Gasteiger partial charge in [-0.1, -0.05) is 6.92 Å². The molecule has 2 aliphatic heterocycles. The van der Waals surface area contributed by atoms with Gasteiger partial charge in [-0.25, -0.2) is 8.42 Å². The van der Waals surface area contributed by atoms with Crippen molar-refractivity contribution in [3.63, 3.8) is 0 Å². The third-order valence-electron chi connectivity index (χ3n) is 6.79. The van der Waals surface area contributed by atoms with Gasteiger partial charge in [0.2, 0.25) is 10.0 Å². The number of benzene rings is 2. The Balaban J connectivity index is 1.79. The van der Waals surface area contributed by atoms with Crippen LogP contribution in [0.15, 0.2) is 41.3 Å². The minimum atomic E-state index is -3.76. The molecule has 1 saturated heterocycles. The lowest BCUT2D eigenvalue weighted by atomic mass is 9.79. The Hall–Kier alpha value is -2.58. The zero-order valence-electron chi connectivity index (χ0n) is 20.6. The summed E-state index contributed by atoms with van der Waals surface area (Å²) in [6, 6.07) is 10.5. The number of fused-ring (bicyclic) bond motifs is 1. The first-order valence-electron chi connectivity index (χ1n) is 11.9. The first kappa shape index (κ1) is 24.5. The molecule has 0 spiro atoms. The molecule has 34 heavy (non-hydrogen) atoms. The van der Waals surface area contributed by atoms with Crippen LogP contribution >= 0.6 is 0 Å². The maximum atomic E-state index is 13.9. The van der Waals surface area contributed by atoms with E-state index in [1.54, 1.807) is 17.0 Å². The average Bonchev–Trinajstić information content (AvgIpc) is 3.34. The molecular formula is C26H34N2O5S. The van der Waals surface area contributed by atoms with Crippen LogP contribution in [0.4, 0.5) is 5.69 Å². The first-order valence-corrected chi connectivity index (χ1v) is 13.3. The van der Waals surface area contributed by atoms with E-state index in [-0.39, 0.29) is 22.5 Å². The number of carbonyl (C=O) groups is 1. The fourth-order valence-corrected chi connectivity index (χ4v) is 6.95. The third kappa shape index (κ3) is 4.29. The molecule has 2 heterocycles. The van der Waals surface area contributed by atoms with Crippen LogP contribution in [0.5, 0.6) is 11.5 Å². The topological polar surface area (TPSA) is 76.1 Å². The van der Waals surface area contributed by atoms with Gasteiger partial charge in [0, 0.05) is 29.9 Å². The van der Waals surface area contributed by atoms with Crippen LogP contribution in [0.1, 0.15) is 68.8 Å². The van der Waals surface area contributed by atoms with Gasteiger partial charge in [-0.15, -0.1) is 0 Å². The van der Waals surface area contributed by atoms with Crippen molar-refractivity contribution < 1.29 is 22.7 Å². The Labute approximate surface area is 202 Å². The predicted octanol–water partition coefficient (Wildman–Crippen LogP) is 4.81. The van der Waals surface area contributed by atoms with Gasteiger partial charge < -0.3 is 14.4 Å². The maximum Gasteiger partial charge on any atom is 0.258 e. The smallest absolute Gasteiger partial charge is 0.258 e. The summed E-state index contributed by atoms with van der Waals surface area (Å²) in [6.45, 7) is 9.73. The zero-order valence-corrected chi connectivity index (χ0v) is 21.4. The minimum Gasteiger partial charge on any atom is -0.495 e. The molecule has 0 unspecified atom stereocenters. The van der Waals surface area contributed by atoms with Gasteiger partial charge in [0.1, 0.15) is 16.4 Å². The Morgan fingerprint density at radius 2 is 1.82 bits per heavy atom. The van der Waals surface area contributed by atoms with E-state index in [0.717, 1.165) is 36.3 Å². The van der Waals surface area contributed by atoms with Crippen molar-refractivity contribution >= 4 is 21.6 Å². The summed E-state index contributed by atoms with van der Waals surface area (Å²) in [5.41, 5.74) is 1.75. The fourth-order valence-electron chi connectivity index (χ4n) is 5.26. The fraction of sp³-hybridized carbons (Fsp3) is 0.500. The molecule has 2 aromatic carbocycles. The van der Waals surface area contributed by atoms with E-state index in [2.05, 4.69) is 6.92 Å². The number of methoxy groups -OCH3 is 1. The lowest BCUT2D eigenvalue weighted by Crippen LogP contribution is -2.51. The van der Waals surface area contributed by atoms with E-state index in [1.807, 2.05) is 39.0 Å². The molecule has 7 nitrogen and oxygen atoms in total. The van der Waals surface area contributed by atoms with Crippen LogP contribution in [0.3, 0.4) is 0 Å². The van der Waals surface area contributed by atoms with E-state index in [1.165, 1.54) is 17.5 Å². The SMILES string of the molecule is CCOc1ccc2c(c1)[C@@H](C)CC(C)(C)N2C(=O)c1ccc(OC)c(S(=O)(=O)N2CCCC2)c1.